The Bertz CT molecular complexity index is 83.1. The van der Waals surface area contributed by atoms with Crippen molar-refractivity contribution in [2.24, 2.45) is 0 Å². The fourth-order valence-corrected chi connectivity index (χ4v) is 0.694. The summed E-state index contributed by atoms with van der Waals surface area (Å²) in [5.74, 6) is 0. The lowest BCUT2D eigenvalue weighted by atomic mass is 10.3. The van der Waals surface area contributed by atoms with E-state index in [2.05, 4.69) is 5.32 Å². The fraction of sp³-hybridized carbons (Fsp3) is 0.833. The van der Waals surface area contributed by atoms with Crippen molar-refractivity contribution in [3.05, 3.63) is 0 Å². The van der Waals surface area contributed by atoms with Gasteiger partial charge in [-0.3, -0.25) is 4.79 Å². The Morgan fingerprint density at radius 2 is 2.22 bits per heavy atom. The number of hydrogen-bond donors (Lipinski definition) is 1. The summed E-state index contributed by atoms with van der Waals surface area (Å²) in [7, 11) is 3.92. The zero-order valence-electron chi connectivity index (χ0n) is 6.14. The molecule has 9 heavy (non-hydrogen) atoms. The summed E-state index contributed by atoms with van der Waals surface area (Å²) in [6.07, 6.45) is 1.65. The largest absolute Gasteiger partial charge is 0.344 e. The smallest absolute Gasteiger partial charge is 0.309 e. The normalized spacial score (nSPS) is 13.3. The van der Waals surface area contributed by atoms with Crippen molar-refractivity contribution in [1.29, 1.82) is 0 Å². The topological polar surface area (TPSA) is 32.3 Å². The minimum Gasteiger partial charge on any atom is -0.344 e. The van der Waals surface area contributed by atoms with Crippen LogP contribution >= 0.6 is 0 Å². The molecule has 1 amide bonds. The van der Waals surface area contributed by atoms with Crippen LogP contribution in [0.25, 0.3) is 0 Å². The first-order chi connectivity index (χ1) is 4.16. The molecule has 0 spiro atoms. The number of nitrogens with zero attached hydrogens (tertiary/aromatic N) is 1. The molecule has 1 atom stereocenters. The molecule has 0 fully saturated rings. The standard InChI is InChI=1S/C6H13N2O/c1-6(7-5-9)4-8(2)3/h6H,4H2,1-3H3,(H,7,9). The van der Waals surface area contributed by atoms with Gasteiger partial charge in [0.2, 0.25) is 0 Å². The molecule has 0 aromatic carbocycles. The van der Waals surface area contributed by atoms with E-state index in [-0.39, 0.29) is 6.04 Å². The maximum Gasteiger partial charge on any atom is 0.309 e. The average Bonchev–Trinajstić information content (AvgIpc) is 1.63. The highest BCUT2D eigenvalue weighted by atomic mass is 16.1. The van der Waals surface area contributed by atoms with Gasteiger partial charge in [-0.15, -0.1) is 0 Å². The molecule has 0 saturated heterocycles. The van der Waals surface area contributed by atoms with Crippen LogP contribution in [0.15, 0.2) is 0 Å². The highest BCUT2D eigenvalue weighted by Gasteiger charge is 1.99. The molecule has 0 rings (SSSR count). The summed E-state index contributed by atoms with van der Waals surface area (Å²) in [6, 6.07) is 0.192. The lowest BCUT2D eigenvalue weighted by Gasteiger charge is -2.14. The molecule has 0 aliphatic heterocycles. The average molecular weight is 129 g/mol. The fourth-order valence-electron chi connectivity index (χ4n) is 0.694. The Kier molecular flexibility index (Phi) is 4.05. The molecule has 0 aliphatic carbocycles. The molecule has 3 heteroatoms. The van der Waals surface area contributed by atoms with Crippen LogP contribution in [0.3, 0.4) is 0 Å². The number of carbonyl (C=O) groups excluding carboxylic acids is 1. The summed E-state index contributed by atoms with van der Waals surface area (Å²) < 4.78 is 0. The molecule has 1 unspecified atom stereocenters. The van der Waals surface area contributed by atoms with Gasteiger partial charge < -0.3 is 10.2 Å². The number of nitrogens with one attached hydrogen (secondary N) is 1. The Labute approximate surface area is 56.0 Å². The molecule has 0 aromatic heterocycles. The number of rotatable bonds is 4. The van der Waals surface area contributed by atoms with E-state index in [0.29, 0.717) is 0 Å². The summed E-state index contributed by atoms with van der Waals surface area (Å²) in [5.41, 5.74) is 0. The third-order valence-electron chi connectivity index (χ3n) is 0.944. The Morgan fingerprint density at radius 3 is 2.56 bits per heavy atom. The van der Waals surface area contributed by atoms with Gasteiger partial charge in [0.15, 0.2) is 0 Å². The van der Waals surface area contributed by atoms with Crippen LogP contribution in [-0.4, -0.2) is 38.0 Å². The van der Waals surface area contributed by atoms with Gasteiger partial charge in [0.1, 0.15) is 0 Å². The van der Waals surface area contributed by atoms with Gasteiger partial charge in [0, 0.05) is 12.6 Å². The molecule has 0 aromatic rings. The number of hydrogen-bond acceptors (Lipinski definition) is 2. The highest BCUT2D eigenvalue weighted by molar-refractivity contribution is 5.47. The van der Waals surface area contributed by atoms with E-state index in [4.69, 9.17) is 0 Å². The van der Waals surface area contributed by atoms with E-state index in [1.807, 2.05) is 25.9 Å². The van der Waals surface area contributed by atoms with E-state index in [1.54, 1.807) is 6.41 Å². The van der Waals surface area contributed by atoms with Gasteiger partial charge in [-0.2, -0.15) is 0 Å². The minimum atomic E-state index is 0.192. The van der Waals surface area contributed by atoms with Crippen molar-refractivity contribution in [3.8, 4) is 0 Å². The van der Waals surface area contributed by atoms with E-state index in [1.165, 1.54) is 0 Å². The molecule has 0 bridgehead atoms. The van der Waals surface area contributed by atoms with Crippen LogP contribution in [0, 0.1) is 0 Å². The summed E-state index contributed by atoms with van der Waals surface area (Å²) in [6.45, 7) is 2.79. The van der Waals surface area contributed by atoms with Gasteiger partial charge in [-0.25, -0.2) is 0 Å². The Balaban J connectivity index is 3.25. The van der Waals surface area contributed by atoms with Crippen molar-refractivity contribution in [2.75, 3.05) is 20.6 Å². The zero-order chi connectivity index (χ0) is 7.28. The SMILES string of the molecule is CC(CN(C)C)N[C]=O. The minimum absolute atomic E-state index is 0.192. The maximum atomic E-state index is 9.74. The van der Waals surface area contributed by atoms with Gasteiger partial charge in [0.25, 0.3) is 0 Å². The van der Waals surface area contributed by atoms with Crippen molar-refractivity contribution in [2.45, 2.75) is 13.0 Å². The first kappa shape index (κ1) is 8.43. The lowest BCUT2D eigenvalue weighted by molar-refractivity contribution is 0.366. The van der Waals surface area contributed by atoms with Gasteiger partial charge in [-0.1, -0.05) is 0 Å². The number of amides is 1. The van der Waals surface area contributed by atoms with Crippen LogP contribution in [0.2, 0.25) is 0 Å². The molecule has 0 aliphatic rings. The Morgan fingerprint density at radius 1 is 1.67 bits per heavy atom. The van der Waals surface area contributed by atoms with E-state index in [9.17, 15) is 4.79 Å². The first-order valence-corrected chi connectivity index (χ1v) is 2.94. The third-order valence-corrected chi connectivity index (χ3v) is 0.944. The predicted molar refractivity (Wildman–Crippen MR) is 36.8 cm³/mol. The molecule has 0 saturated carbocycles. The second kappa shape index (κ2) is 4.32. The molecular weight excluding hydrogens is 116 g/mol. The monoisotopic (exact) mass is 129 g/mol. The van der Waals surface area contributed by atoms with Gasteiger partial charge >= 0.3 is 6.41 Å². The summed E-state index contributed by atoms with van der Waals surface area (Å²) >= 11 is 0. The van der Waals surface area contributed by atoms with E-state index < -0.39 is 0 Å². The van der Waals surface area contributed by atoms with Crippen LogP contribution < -0.4 is 5.32 Å². The predicted octanol–water partition coefficient (Wildman–Crippen LogP) is -0.407. The molecule has 3 nitrogen and oxygen atoms in total. The lowest BCUT2D eigenvalue weighted by Crippen LogP contribution is -2.34. The van der Waals surface area contributed by atoms with Crippen molar-refractivity contribution >= 4 is 6.41 Å². The molecule has 1 N–H and O–H groups in total. The highest BCUT2D eigenvalue weighted by Crippen LogP contribution is 1.81. The molecule has 0 heterocycles. The van der Waals surface area contributed by atoms with Crippen molar-refractivity contribution in [1.82, 2.24) is 10.2 Å². The van der Waals surface area contributed by atoms with Crippen LogP contribution in [0.1, 0.15) is 6.92 Å². The van der Waals surface area contributed by atoms with Crippen LogP contribution in [-0.2, 0) is 4.79 Å². The van der Waals surface area contributed by atoms with E-state index in [0.717, 1.165) is 6.54 Å². The number of likely N-dealkylation sites (N-methyl/N-ethyl adjacent to an activating group) is 1. The van der Waals surface area contributed by atoms with Crippen molar-refractivity contribution in [3.63, 3.8) is 0 Å². The van der Waals surface area contributed by atoms with E-state index >= 15 is 0 Å². The second-order valence-corrected chi connectivity index (χ2v) is 2.41. The molecule has 1 radical (unpaired) electrons. The molecule has 53 valence electrons. The van der Waals surface area contributed by atoms with Gasteiger partial charge in [-0.05, 0) is 21.0 Å². The summed E-state index contributed by atoms with van der Waals surface area (Å²) in [5, 5.41) is 2.53. The maximum absolute atomic E-state index is 9.74. The first-order valence-electron chi connectivity index (χ1n) is 2.94. The third kappa shape index (κ3) is 5.30. The van der Waals surface area contributed by atoms with Gasteiger partial charge in [0.05, 0.1) is 0 Å². The van der Waals surface area contributed by atoms with Crippen molar-refractivity contribution < 1.29 is 4.79 Å². The quantitative estimate of drug-likeness (QED) is 0.523. The van der Waals surface area contributed by atoms with Crippen LogP contribution in [0.5, 0.6) is 0 Å². The summed E-state index contributed by atoms with van der Waals surface area (Å²) in [4.78, 5) is 11.8. The molecular formula is C6H13N2O. The Hall–Kier alpha value is -0.570. The zero-order valence-corrected chi connectivity index (χ0v) is 6.14. The second-order valence-electron chi connectivity index (χ2n) is 2.41. The van der Waals surface area contributed by atoms with Crippen LogP contribution in [0.4, 0.5) is 0 Å².